The van der Waals surface area contributed by atoms with Crippen LogP contribution in [0.3, 0.4) is 0 Å². The number of imidazole rings is 1. The van der Waals surface area contributed by atoms with Gasteiger partial charge in [-0.15, -0.1) is 0 Å². The number of aryl methyl sites for hydroxylation is 1. The van der Waals surface area contributed by atoms with Crippen LogP contribution in [-0.2, 0) is 10.0 Å². The summed E-state index contributed by atoms with van der Waals surface area (Å²) in [5, 5.41) is 0. The molecule has 3 aromatic heterocycles. The highest BCUT2D eigenvalue weighted by Crippen LogP contribution is 2.30. The molecule has 36 heavy (non-hydrogen) atoms. The van der Waals surface area contributed by atoms with E-state index in [4.69, 9.17) is 4.42 Å². The first-order valence-electron chi connectivity index (χ1n) is 11.0. The van der Waals surface area contributed by atoms with E-state index >= 15 is 0 Å². The second-order valence-corrected chi connectivity index (χ2v) is 9.97. The number of H-pyrrole nitrogens is 1. The van der Waals surface area contributed by atoms with E-state index in [2.05, 4.69) is 24.7 Å². The van der Waals surface area contributed by atoms with Crippen molar-refractivity contribution in [2.45, 2.75) is 11.8 Å². The Kier molecular flexibility index (Phi) is 5.04. The zero-order valence-corrected chi connectivity index (χ0v) is 19.7. The van der Waals surface area contributed by atoms with Gasteiger partial charge in [-0.2, -0.15) is 4.39 Å². The maximum Gasteiger partial charge on any atom is 0.264 e. The Hall–Kier alpha value is -4.57. The fourth-order valence-corrected chi connectivity index (χ4v) is 4.90. The van der Waals surface area contributed by atoms with Crippen molar-refractivity contribution in [1.82, 2.24) is 19.9 Å². The fourth-order valence-electron chi connectivity index (χ4n) is 3.86. The lowest BCUT2D eigenvalue weighted by Gasteiger charge is -2.10. The van der Waals surface area contributed by atoms with Gasteiger partial charge in [-0.05, 0) is 55.0 Å². The first kappa shape index (κ1) is 21.9. The van der Waals surface area contributed by atoms with Gasteiger partial charge in [-0.3, -0.25) is 4.72 Å². The van der Waals surface area contributed by atoms with Crippen molar-refractivity contribution >= 4 is 37.8 Å². The van der Waals surface area contributed by atoms with E-state index in [0.29, 0.717) is 33.9 Å². The predicted octanol–water partition coefficient (Wildman–Crippen LogP) is 5.68. The Bertz CT molecular complexity index is 1830. The number of nitrogens with zero attached hydrogens (tertiary/aromatic N) is 3. The van der Waals surface area contributed by atoms with Gasteiger partial charge in [0.25, 0.3) is 15.9 Å². The average molecular weight is 500 g/mol. The molecule has 3 heterocycles. The summed E-state index contributed by atoms with van der Waals surface area (Å²) in [5.74, 6) is -0.0883. The molecule has 0 bridgehead atoms. The lowest BCUT2D eigenvalue weighted by molar-refractivity contribution is 0.583. The van der Waals surface area contributed by atoms with Gasteiger partial charge in [0.1, 0.15) is 11.2 Å². The SMILES string of the molecule is Cc1ccc(S(=O)(=O)Nc2cc(-c3ccc4nc(-c5nc6ccccc6[nH]5)oc4c3)cnc2F)cc1. The number of nitrogens with one attached hydrogen (secondary N) is 2. The molecule has 0 saturated carbocycles. The van der Waals surface area contributed by atoms with Gasteiger partial charge in [0.2, 0.25) is 5.95 Å². The van der Waals surface area contributed by atoms with Crippen LogP contribution in [0.4, 0.5) is 10.1 Å². The molecule has 3 aromatic carbocycles. The highest BCUT2D eigenvalue weighted by atomic mass is 32.2. The molecule has 0 fully saturated rings. The van der Waals surface area contributed by atoms with Crippen LogP contribution < -0.4 is 4.72 Å². The molecular weight excluding hydrogens is 481 g/mol. The zero-order chi connectivity index (χ0) is 24.9. The number of fused-ring (bicyclic) bond motifs is 2. The molecule has 0 aliphatic rings. The zero-order valence-electron chi connectivity index (χ0n) is 18.9. The van der Waals surface area contributed by atoms with E-state index < -0.39 is 16.0 Å². The number of pyridine rings is 1. The number of benzene rings is 3. The molecule has 0 radical (unpaired) electrons. The molecule has 6 rings (SSSR count). The van der Waals surface area contributed by atoms with Crippen molar-refractivity contribution in [2.75, 3.05) is 4.72 Å². The van der Waals surface area contributed by atoms with Gasteiger partial charge >= 0.3 is 0 Å². The Balaban J connectivity index is 1.34. The third-order valence-electron chi connectivity index (χ3n) is 5.73. The first-order valence-corrected chi connectivity index (χ1v) is 12.5. The summed E-state index contributed by atoms with van der Waals surface area (Å²) in [6.45, 7) is 1.85. The summed E-state index contributed by atoms with van der Waals surface area (Å²) < 4.78 is 48.2. The summed E-state index contributed by atoms with van der Waals surface area (Å²) in [6.07, 6.45) is 1.33. The van der Waals surface area contributed by atoms with Crippen LogP contribution >= 0.6 is 0 Å². The number of aromatic nitrogens is 4. The number of oxazole rings is 1. The van der Waals surface area contributed by atoms with Crippen LogP contribution in [0.1, 0.15) is 5.56 Å². The number of sulfonamides is 1. The van der Waals surface area contributed by atoms with Crippen LogP contribution in [0.25, 0.3) is 45.0 Å². The lowest BCUT2D eigenvalue weighted by atomic mass is 10.1. The number of hydrogen-bond donors (Lipinski definition) is 2. The Morgan fingerprint density at radius 3 is 2.53 bits per heavy atom. The van der Waals surface area contributed by atoms with Gasteiger partial charge in [0, 0.05) is 11.8 Å². The lowest BCUT2D eigenvalue weighted by Crippen LogP contribution is -2.14. The van der Waals surface area contributed by atoms with Crippen molar-refractivity contribution in [3.05, 3.63) is 90.5 Å². The standard InChI is InChI=1S/C26H18FN5O3S/c1-15-6-9-18(10-7-15)36(33,34)32-22-12-17(14-28-24(22)27)16-8-11-21-23(13-16)35-26(31-21)25-29-19-4-2-3-5-20(19)30-25/h2-14,32H,1H3,(H,29,30). The largest absolute Gasteiger partial charge is 0.434 e. The van der Waals surface area contributed by atoms with E-state index in [9.17, 15) is 12.8 Å². The smallest absolute Gasteiger partial charge is 0.264 e. The van der Waals surface area contributed by atoms with Crippen LogP contribution in [0.15, 0.2) is 88.3 Å². The highest BCUT2D eigenvalue weighted by molar-refractivity contribution is 7.92. The van der Waals surface area contributed by atoms with Crippen LogP contribution in [-0.4, -0.2) is 28.4 Å². The Morgan fingerprint density at radius 2 is 1.72 bits per heavy atom. The first-order chi connectivity index (χ1) is 17.4. The molecule has 0 spiro atoms. The molecule has 0 saturated heterocycles. The molecule has 0 aliphatic carbocycles. The Morgan fingerprint density at radius 1 is 0.917 bits per heavy atom. The number of anilines is 1. The summed E-state index contributed by atoms with van der Waals surface area (Å²) in [6, 6.07) is 20.6. The normalized spacial score (nSPS) is 11.8. The van der Waals surface area contributed by atoms with E-state index in [1.54, 1.807) is 30.3 Å². The Labute approximate surface area is 204 Å². The fraction of sp³-hybridized carbons (Fsp3) is 0.0385. The molecule has 10 heteroatoms. The third-order valence-corrected chi connectivity index (χ3v) is 7.11. The quantitative estimate of drug-likeness (QED) is 0.295. The predicted molar refractivity (Wildman–Crippen MR) is 134 cm³/mol. The summed E-state index contributed by atoms with van der Waals surface area (Å²) in [7, 11) is -3.99. The molecule has 2 N–H and O–H groups in total. The van der Waals surface area contributed by atoms with Gasteiger partial charge in [0.05, 0.1) is 15.9 Å². The van der Waals surface area contributed by atoms with E-state index in [0.717, 1.165) is 16.6 Å². The minimum Gasteiger partial charge on any atom is -0.434 e. The molecule has 0 unspecified atom stereocenters. The minimum absolute atomic E-state index is 0.0269. The molecule has 8 nitrogen and oxygen atoms in total. The molecule has 178 valence electrons. The maximum absolute atomic E-state index is 14.5. The third kappa shape index (κ3) is 3.97. The molecule has 0 aliphatic heterocycles. The van der Waals surface area contributed by atoms with E-state index in [1.165, 1.54) is 24.4 Å². The number of aromatic amines is 1. The van der Waals surface area contributed by atoms with E-state index in [-0.39, 0.29) is 10.6 Å². The van der Waals surface area contributed by atoms with Crippen molar-refractivity contribution in [3.8, 4) is 22.8 Å². The van der Waals surface area contributed by atoms with Gasteiger partial charge in [-0.25, -0.2) is 23.4 Å². The second-order valence-electron chi connectivity index (χ2n) is 8.28. The molecule has 0 amide bonds. The van der Waals surface area contributed by atoms with Crippen molar-refractivity contribution in [1.29, 1.82) is 0 Å². The number of rotatable bonds is 5. The van der Waals surface area contributed by atoms with Gasteiger partial charge < -0.3 is 9.40 Å². The van der Waals surface area contributed by atoms with Crippen molar-refractivity contribution < 1.29 is 17.2 Å². The second kappa shape index (κ2) is 8.28. The van der Waals surface area contributed by atoms with E-state index in [1.807, 2.05) is 31.2 Å². The van der Waals surface area contributed by atoms with Crippen LogP contribution in [0, 0.1) is 12.9 Å². The van der Waals surface area contributed by atoms with Crippen LogP contribution in [0.2, 0.25) is 0 Å². The summed E-state index contributed by atoms with van der Waals surface area (Å²) in [5.41, 5.74) is 4.59. The molecular formula is C26H18FN5O3S. The number of hydrogen-bond acceptors (Lipinski definition) is 6. The summed E-state index contributed by atoms with van der Waals surface area (Å²) in [4.78, 5) is 16.0. The molecule has 0 atom stereocenters. The van der Waals surface area contributed by atoms with Crippen LogP contribution in [0.5, 0.6) is 0 Å². The number of halogens is 1. The average Bonchev–Trinajstić information content (AvgIpc) is 3.49. The minimum atomic E-state index is -3.99. The summed E-state index contributed by atoms with van der Waals surface area (Å²) >= 11 is 0. The monoisotopic (exact) mass is 499 g/mol. The number of para-hydroxylation sites is 2. The maximum atomic E-state index is 14.5. The highest BCUT2D eigenvalue weighted by Gasteiger charge is 2.18. The van der Waals surface area contributed by atoms with Gasteiger partial charge in [-0.1, -0.05) is 35.9 Å². The van der Waals surface area contributed by atoms with Crippen molar-refractivity contribution in [2.24, 2.45) is 0 Å². The van der Waals surface area contributed by atoms with Crippen molar-refractivity contribution in [3.63, 3.8) is 0 Å². The topological polar surface area (TPSA) is 114 Å². The molecule has 6 aromatic rings. The van der Waals surface area contributed by atoms with Gasteiger partial charge in [0.15, 0.2) is 11.4 Å².